The number of nitriles is 1. The van der Waals surface area contributed by atoms with Crippen molar-refractivity contribution < 1.29 is 4.74 Å². The predicted molar refractivity (Wildman–Crippen MR) is 127 cm³/mol. The molecule has 1 aliphatic rings. The van der Waals surface area contributed by atoms with Crippen LogP contribution in [-0.2, 0) is 0 Å². The Morgan fingerprint density at radius 3 is 2.38 bits per heavy atom. The van der Waals surface area contributed by atoms with Gasteiger partial charge in [0.1, 0.15) is 17.5 Å². The highest BCUT2D eigenvalue weighted by Gasteiger charge is 2.39. The van der Waals surface area contributed by atoms with Gasteiger partial charge in [-0.25, -0.2) is 4.98 Å². The van der Waals surface area contributed by atoms with E-state index in [1.807, 2.05) is 30.3 Å². The fourth-order valence-corrected chi connectivity index (χ4v) is 4.97. The van der Waals surface area contributed by atoms with Gasteiger partial charge < -0.3 is 15.0 Å². The Bertz CT molecular complexity index is 1160. The van der Waals surface area contributed by atoms with Gasteiger partial charge in [0.05, 0.1) is 18.3 Å². The van der Waals surface area contributed by atoms with Crippen LogP contribution in [0.3, 0.4) is 0 Å². The van der Waals surface area contributed by atoms with Gasteiger partial charge in [-0.05, 0) is 70.9 Å². The lowest BCUT2D eigenvalue weighted by Crippen LogP contribution is -2.62. The fraction of sp³-hybridized carbons (Fsp3) is 0.440. The summed E-state index contributed by atoms with van der Waals surface area (Å²) in [5, 5.41) is 22.8. The third-order valence-electron chi connectivity index (χ3n) is 6.13. The normalized spacial score (nSPS) is 17.7. The molecular formula is C25H30N6O. The molecule has 3 heterocycles. The van der Waals surface area contributed by atoms with E-state index in [4.69, 9.17) is 10.00 Å². The average Bonchev–Trinajstić information content (AvgIpc) is 2.75. The third kappa shape index (κ3) is 4.37. The van der Waals surface area contributed by atoms with Crippen molar-refractivity contribution in [3.8, 4) is 23.1 Å². The second kappa shape index (κ2) is 8.03. The maximum absolute atomic E-state index is 9.11. The summed E-state index contributed by atoms with van der Waals surface area (Å²) in [6.07, 6.45) is 2.07. The number of methoxy groups -OCH3 is 1. The summed E-state index contributed by atoms with van der Waals surface area (Å²) in [4.78, 5) is 6.60. The van der Waals surface area contributed by atoms with E-state index >= 15 is 0 Å². The lowest BCUT2D eigenvalue weighted by molar-refractivity contribution is 0.160. The maximum Gasteiger partial charge on any atom is 0.151 e. The Labute approximate surface area is 189 Å². The summed E-state index contributed by atoms with van der Waals surface area (Å²) in [5.41, 5.74) is 2.79. The standard InChI is InChI=1S/C25H30N6O/c1-24(2)13-18(14-25(3,4)30-24)31(5)23-10-9-20(28-29-23)19-11-16-7-8-17(15-26)27-21(16)12-22(19)32-6/h7-12,18,30H,13-14H2,1-6H3. The van der Waals surface area contributed by atoms with E-state index in [1.54, 1.807) is 13.2 Å². The van der Waals surface area contributed by atoms with Crippen molar-refractivity contribution in [2.75, 3.05) is 19.1 Å². The lowest BCUT2D eigenvalue weighted by atomic mass is 9.79. The number of nitrogens with one attached hydrogen (secondary N) is 1. The minimum absolute atomic E-state index is 0.0615. The van der Waals surface area contributed by atoms with Gasteiger partial charge in [0.25, 0.3) is 0 Å². The second-order valence-electron chi connectivity index (χ2n) is 9.90. The minimum Gasteiger partial charge on any atom is -0.496 e. The van der Waals surface area contributed by atoms with Gasteiger partial charge in [-0.15, -0.1) is 10.2 Å². The molecule has 32 heavy (non-hydrogen) atoms. The Kier molecular flexibility index (Phi) is 5.51. The number of aromatic nitrogens is 3. The molecular weight excluding hydrogens is 400 g/mol. The molecule has 1 N–H and O–H groups in total. The first-order chi connectivity index (χ1) is 15.1. The Balaban J connectivity index is 1.64. The summed E-state index contributed by atoms with van der Waals surface area (Å²) < 4.78 is 5.59. The highest BCUT2D eigenvalue weighted by molar-refractivity contribution is 5.87. The zero-order valence-electron chi connectivity index (χ0n) is 19.6. The highest BCUT2D eigenvalue weighted by atomic mass is 16.5. The third-order valence-corrected chi connectivity index (χ3v) is 6.13. The summed E-state index contributed by atoms with van der Waals surface area (Å²) in [6, 6.07) is 13.9. The molecule has 7 nitrogen and oxygen atoms in total. The molecule has 1 aromatic carbocycles. The number of piperidine rings is 1. The predicted octanol–water partition coefficient (Wildman–Crippen LogP) is 4.32. The average molecular weight is 431 g/mol. The van der Waals surface area contributed by atoms with Crippen molar-refractivity contribution >= 4 is 16.7 Å². The number of fused-ring (bicyclic) bond motifs is 1. The molecule has 2 aromatic heterocycles. The van der Waals surface area contributed by atoms with Crippen molar-refractivity contribution in [3.63, 3.8) is 0 Å². The molecule has 0 atom stereocenters. The molecule has 166 valence electrons. The summed E-state index contributed by atoms with van der Waals surface area (Å²) >= 11 is 0. The molecule has 4 rings (SSSR count). The molecule has 0 aliphatic carbocycles. The van der Waals surface area contributed by atoms with Crippen molar-refractivity contribution in [3.05, 3.63) is 42.1 Å². The maximum atomic E-state index is 9.11. The molecule has 7 heteroatoms. The quantitative estimate of drug-likeness (QED) is 0.660. The molecule has 0 spiro atoms. The first-order valence-corrected chi connectivity index (χ1v) is 10.9. The van der Waals surface area contributed by atoms with E-state index in [2.05, 4.69) is 66.2 Å². The van der Waals surface area contributed by atoms with E-state index in [0.717, 1.165) is 35.3 Å². The Morgan fingerprint density at radius 2 is 1.78 bits per heavy atom. The number of hydrogen-bond donors (Lipinski definition) is 1. The van der Waals surface area contributed by atoms with E-state index in [9.17, 15) is 0 Å². The number of benzene rings is 1. The van der Waals surface area contributed by atoms with Crippen molar-refractivity contribution in [2.45, 2.75) is 57.7 Å². The summed E-state index contributed by atoms with van der Waals surface area (Å²) in [7, 11) is 3.72. The van der Waals surface area contributed by atoms with Gasteiger partial charge in [0.15, 0.2) is 5.82 Å². The fourth-order valence-electron chi connectivity index (χ4n) is 4.97. The van der Waals surface area contributed by atoms with Crippen LogP contribution in [0.2, 0.25) is 0 Å². The number of rotatable bonds is 4. The molecule has 0 saturated carbocycles. The van der Waals surface area contributed by atoms with E-state index in [1.165, 1.54) is 0 Å². The van der Waals surface area contributed by atoms with Crippen LogP contribution in [0.4, 0.5) is 5.82 Å². The number of ether oxygens (including phenoxy) is 1. The minimum atomic E-state index is 0.0615. The van der Waals surface area contributed by atoms with E-state index in [-0.39, 0.29) is 11.1 Å². The second-order valence-corrected chi connectivity index (χ2v) is 9.90. The number of nitrogens with zero attached hydrogens (tertiary/aromatic N) is 5. The molecule has 0 unspecified atom stereocenters. The number of anilines is 1. The highest BCUT2D eigenvalue weighted by Crippen LogP contribution is 2.35. The molecule has 3 aromatic rings. The Morgan fingerprint density at radius 1 is 1.06 bits per heavy atom. The number of pyridine rings is 1. The smallest absolute Gasteiger partial charge is 0.151 e. The first kappa shape index (κ1) is 22.0. The van der Waals surface area contributed by atoms with Gasteiger partial charge in [-0.3, -0.25) is 0 Å². The van der Waals surface area contributed by atoms with Gasteiger partial charge in [0, 0.05) is 41.2 Å². The molecule has 0 bridgehead atoms. The van der Waals surface area contributed by atoms with Gasteiger partial charge >= 0.3 is 0 Å². The molecule has 1 fully saturated rings. The van der Waals surface area contributed by atoms with Crippen LogP contribution in [0, 0.1) is 11.3 Å². The summed E-state index contributed by atoms with van der Waals surface area (Å²) in [5.74, 6) is 1.50. The van der Waals surface area contributed by atoms with E-state index < -0.39 is 0 Å². The van der Waals surface area contributed by atoms with Crippen LogP contribution in [0.15, 0.2) is 36.4 Å². The van der Waals surface area contributed by atoms with Crippen LogP contribution in [0.5, 0.6) is 5.75 Å². The first-order valence-electron chi connectivity index (χ1n) is 10.9. The summed E-state index contributed by atoms with van der Waals surface area (Å²) in [6.45, 7) is 9.02. The number of hydrogen-bond acceptors (Lipinski definition) is 7. The largest absolute Gasteiger partial charge is 0.496 e. The molecule has 1 aliphatic heterocycles. The monoisotopic (exact) mass is 430 g/mol. The van der Waals surface area contributed by atoms with Crippen LogP contribution in [0.1, 0.15) is 46.2 Å². The SMILES string of the molecule is COc1cc2nc(C#N)ccc2cc1-c1ccc(N(C)C2CC(C)(C)NC(C)(C)C2)nn1. The zero-order valence-corrected chi connectivity index (χ0v) is 19.6. The van der Waals surface area contributed by atoms with Crippen LogP contribution < -0.4 is 15.0 Å². The van der Waals surface area contributed by atoms with Gasteiger partial charge in [-0.2, -0.15) is 5.26 Å². The van der Waals surface area contributed by atoms with E-state index in [0.29, 0.717) is 23.0 Å². The topological polar surface area (TPSA) is 87.0 Å². The van der Waals surface area contributed by atoms with Crippen LogP contribution in [-0.4, -0.2) is 46.5 Å². The van der Waals surface area contributed by atoms with Crippen LogP contribution in [0.25, 0.3) is 22.2 Å². The van der Waals surface area contributed by atoms with Crippen LogP contribution >= 0.6 is 0 Å². The Hall–Kier alpha value is -3.24. The van der Waals surface area contributed by atoms with Gasteiger partial charge in [-0.1, -0.05) is 0 Å². The molecule has 1 saturated heterocycles. The lowest BCUT2D eigenvalue weighted by Gasteiger charge is -2.49. The zero-order chi connectivity index (χ0) is 23.1. The van der Waals surface area contributed by atoms with Crippen molar-refractivity contribution in [1.29, 1.82) is 5.26 Å². The van der Waals surface area contributed by atoms with Crippen molar-refractivity contribution in [1.82, 2.24) is 20.5 Å². The van der Waals surface area contributed by atoms with Gasteiger partial charge in [0.2, 0.25) is 0 Å². The molecule has 0 radical (unpaired) electrons. The van der Waals surface area contributed by atoms with Crippen molar-refractivity contribution in [2.24, 2.45) is 0 Å². The molecule has 0 amide bonds.